The lowest BCUT2D eigenvalue weighted by Gasteiger charge is -2.10. The van der Waals surface area contributed by atoms with Crippen molar-refractivity contribution in [1.29, 1.82) is 0 Å². The van der Waals surface area contributed by atoms with Gasteiger partial charge in [-0.25, -0.2) is 0 Å². The summed E-state index contributed by atoms with van der Waals surface area (Å²) in [5.74, 6) is 0.439. The summed E-state index contributed by atoms with van der Waals surface area (Å²) in [5, 5.41) is 5.56. The predicted molar refractivity (Wildman–Crippen MR) is 98.9 cm³/mol. The van der Waals surface area contributed by atoms with Crippen LogP contribution in [0.15, 0.2) is 53.0 Å². The highest BCUT2D eigenvalue weighted by Gasteiger charge is 2.10. The van der Waals surface area contributed by atoms with Crippen LogP contribution in [-0.4, -0.2) is 24.7 Å². The van der Waals surface area contributed by atoms with Crippen LogP contribution in [-0.2, 0) is 6.42 Å². The first-order chi connectivity index (χ1) is 11.1. The molecule has 0 bridgehead atoms. The van der Waals surface area contributed by atoms with E-state index >= 15 is 0 Å². The lowest BCUT2D eigenvalue weighted by Crippen LogP contribution is -2.37. The highest BCUT2D eigenvalue weighted by molar-refractivity contribution is 9.10. The molecule has 23 heavy (non-hydrogen) atoms. The number of benzene rings is 2. The van der Waals surface area contributed by atoms with Crippen molar-refractivity contribution in [2.75, 3.05) is 13.7 Å². The van der Waals surface area contributed by atoms with Crippen LogP contribution in [0.4, 0.5) is 0 Å². The highest BCUT2D eigenvalue weighted by atomic mass is 79.9. The molecule has 2 aromatic carbocycles. The lowest BCUT2D eigenvalue weighted by atomic mass is 10.2. The third kappa shape index (κ3) is 5.33. The smallest absolute Gasteiger partial charge is 0.257 e. The Labute approximate surface area is 149 Å². The van der Waals surface area contributed by atoms with Crippen LogP contribution < -0.4 is 15.4 Å². The van der Waals surface area contributed by atoms with Gasteiger partial charge >= 0.3 is 0 Å². The molecular formula is C17H17BrN2O2S. The van der Waals surface area contributed by atoms with E-state index in [4.69, 9.17) is 17.0 Å². The normalized spacial score (nSPS) is 10.0. The van der Waals surface area contributed by atoms with Crippen LogP contribution in [0, 0.1) is 0 Å². The average molecular weight is 393 g/mol. The Morgan fingerprint density at radius 2 is 1.96 bits per heavy atom. The zero-order valence-electron chi connectivity index (χ0n) is 12.6. The number of ether oxygens (including phenoxy) is 1. The van der Waals surface area contributed by atoms with Crippen LogP contribution >= 0.6 is 28.1 Å². The first-order valence-electron chi connectivity index (χ1n) is 7.09. The molecule has 0 saturated heterocycles. The second kappa shape index (κ2) is 8.64. The monoisotopic (exact) mass is 392 g/mol. The van der Waals surface area contributed by atoms with Gasteiger partial charge in [-0.2, -0.15) is 0 Å². The van der Waals surface area contributed by atoms with E-state index < -0.39 is 0 Å². The summed E-state index contributed by atoms with van der Waals surface area (Å²) in [6, 6.07) is 15.3. The van der Waals surface area contributed by atoms with Gasteiger partial charge in [-0.3, -0.25) is 10.1 Å². The molecule has 0 saturated carbocycles. The van der Waals surface area contributed by atoms with Gasteiger partial charge in [0.25, 0.3) is 5.91 Å². The third-order valence-electron chi connectivity index (χ3n) is 3.14. The molecule has 2 aromatic rings. The summed E-state index contributed by atoms with van der Waals surface area (Å²) >= 11 is 8.35. The maximum absolute atomic E-state index is 12.0. The SMILES string of the molecule is CNC(=S)NC(=O)c1ccc(OCCc2ccccc2)c(Br)c1. The molecule has 6 heteroatoms. The molecule has 0 aliphatic carbocycles. The van der Waals surface area contributed by atoms with Crippen molar-refractivity contribution in [2.24, 2.45) is 0 Å². The van der Waals surface area contributed by atoms with Crippen molar-refractivity contribution in [2.45, 2.75) is 6.42 Å². The zero-order chi connectivity index (χ0) is 16.7. The van der Waals surface area contributed by atoms with Gasteiger partial charge in [0, 0.05) is 19.0 Å². The summed E-state index contributed by atoms with van der Waals surface area (Å²) in [6.45, 7) is 0.567. The number of thiocarbonyl (C=S) groups is 1. The summed E-state index contributed by atoms with van der Waals surface area (Å²) in [4.78, 5) is 12.0. The van der Waals surface area contributed by atoms with Crippen molar-refractivity contribution < 1.29 is 9.53 Å². The average Bonchev–Trinajstić information content (AvgIpc) is 2.57. The van der Waals surface area contributed by atoms with E-state index in [-0.39, 0.29) is 11.0 Å². The van der Waals surface area contributed by atoms with Gasteiger partial charge in [0.1, 0.15) is 5.75 Å². The van der Waals surface area contributed by atoms with Gasteiger partial charge in [0.05, 0.1) is 11.1 Å². The van der Waals surface area contributed by atoms with E-state index in [1.807, 2.05) is 18.2 Å². The molecule has 0 unspecified atom stereocenters. The quantitative estimate of drug-likeness (QED) is 0.766. The molecule has 2 rings (SSSR count). The van der Waals surface area contributed by atoms with E-state index in [2.05, 4.69) is 38.7 Å². The number of hydrogen-bond donors (Lipinski definition) is 2. The molecule has 0 spiro atoms. The molecule has 2 N–H and O–H groups in total. The minimum absolute atomic E-state index is 0.263. The van der Waals surface area contributed by atoms with Crippen molar-refractivity contribution >= 4 is 39.2 Å². The maximum atomic E-state index is 12.0. The van der Waals surface area contributed by atoms with Crippen LogP contribution in [0.25, 0.3) is 0 Å². The maximum Gasteiger partial charge on any atom is 0.257 e. The van der Waals surface area contributed by atoms with Crippen molar-refractivity contribution in [1.82, 2.24) is 10.6 Å². The molecule has 0 aliphatic heterocycles. The van der Waals surface area contributed by atoms with E-state index in [1.165, 1.54) is 5.56 Å². The Bertz CT molecular complexity index is 692. The van der Waals surface area contributed by atoms with Gasteiger partial charge in [-0.15, -0.1) is 0 Å². The Hall–Kier alpha value is -1.92. The Balaban J connectivity index is 1.94. The first kappa shape index (κ1) is 17.4. The molecular weight excluding hydrogens is 376 g/mol. The fourth-order valence-corrected chi connectivity index (χ4v) is 2.51. The van der Waals surface area contributed by atoms with E-state index in [9.17, 15) is 4.79 Å². The molecule has 0 aromatic heterocycles. The van der Waals surface area contributed by atoms with Crippen molar-refractivity contribution in [3.63, 3.8) is 0 Å². The lowest BCUT2D eigenvalue weighted by molar-refractivity contribution is 0.0976. The highest BCUT2D eigenvalue weighted by Crippen LogP contribution is 2.26. The number of carbonyl (C=O) groups is 1. The summed E-state index contributed by atoms with van der Waals surface area (Å²) in [7, 11) is 1.65. The number of hydrogen-bond acceptors (Lipinski definition) is 3. The first-order valence-corrected chi connectivity index (χ1v) is 8.29. The van der Waals surface area contributed by atoms with E-state index in [1.54, 1.807) is 25.2 Å². The van der Waals surface area contributed by atoms with Gasteiger partial charge in [-0.05, 0) is 51.9 Å². The molecule has 0 aliphatic rings. The molecule has 0 atom stereocenters. The fourth-order valence-electron chi connectivity index (χ4n) is 1.92. The van der Waals surface area contributed by atoms with E-state index in [0.29, 0.717) is 17.9 Å². The summed E-state index contributed by atoms with van der Waals surface area (Å²) in [6.07, 6.45) is 0.825. The Morgan fingerprint density at radius 1 is 1.22 bits per heavy atom. The number of rotatable bonds is 5. The molecule has 0 fully saturated rings. The predicted octanol–water partition coefficient (Wildman–Crippen LogP) is 3.30. The van der Waals surface area contributed by atoms with E-state index in [0.717, 1.165) is 10.9 Å². The third-order valence-corrected chi connectivity index (χ3v) is 4.07. The number of amides is 1. The minimum atomic E-state index is -0.263. The van der Waals surface area contributed by atoms with Gasteiger partial charge < -0.3 is 10.1 Å². The van der Waals surface area contributed by atoms with Gasteiger partial charge in [-0.1, -0.05) is 30.3 Å². The second-order valence-electron chi connectivity index (χ2n) is 4.76. The molecule has 0 heterocycles. The fraction of sp³-hybridized carbons (Fsp3) is 0.176. The van der Waals surface area contributed by atoms with Gasteiger partial charge in [0.15, 0.2) is 5.11 Å². The van der Waals surface area contributed by atoms with Crippen LogP contribution in [0.5, 0.6) is 5.75 Å². The zero-order valence-corrected chi connectivity index (χ0v) is 15.0. The second-order valence-corrected chi connectivity index (χ2v) is 6.03. The van der Waals surface area contributed by atoms with Crippen LogP contribution in [0.1, 0.15) is 15.9 Å². The molecule has 0 radical (unpaired) electrons. The van der Waals surface area contributed by atoms with Crippen molar-refractivity contribution in [3.05, 3.63) is 64.1 Å². The molecule has 120 valence electrons. The Morgan fingerprint density at radius 3 is 2.61 bits per heavy atom. The molecule has 1 amide bonds. The summed E-state index contributed by atoms with van der Waals surface area (Å²) < 4.78 is 6.49. The molecule has 4 nitrogen and oxygen atoms in total. The van der Waals surface area contributed by atoms with Gasteiger partial charge in [0.2, 0.25) is 0 Å². The Kier molecular flexibility index (Phi) is 6.55. The van der Waals surface area contributed by atoms with Crippen LogP contribution in [0.2, 0.25) is 0 Å². The number of halogens is 1. The standard InChI is InChI=1S/C17H17BrN2O2S/c1-19-17(23)20-16(21)13-7-8-15(14(18)11-13)22-10-9-12-5-3-2-4-6-12/h2-8,11H,9-10H2,1H3,(H2,19,20,21,23). The number of nitrogens with one attached hydrogen (secondary N) is 2. The topological polar surface area (TPSA) is 50.4 Å². The largest absolute Gasteiger partial charge is 0.492 e. The summed E-state index contributed by atoms with van der Waals surface area (Å²) in [5.41, 5.74) is 1.73. The van der Waals surface area contributed by atoms with Crippen molar-refractivity contribution in [3.8, 4) is 5.75 Å². The minimum Gasteiger partial charge on any atom is -0.492 e. The number of carbonyl (C=O) groups excluding carboxylic acids is 1. The van der Waals surface area contributed by atoms with Crippen LogP contribution in [0.3, 0.4) is 0 Å².